The summed E-state index contributed by atoms with van der Waals surface area (Å²) in [6, 6.07) is 8.53. The topological polar surface area (TPSA) is 58.6 Å². The monoisotopic (exact) mass is 219 g/mol. The lowest BCUT2D eigenvalue weighted by atomic mass is 10.1. The van der Waals surface area contributed by atoms with Gasteiger partial charge in [-0.25, -0.2) is 0 Å². The number of aliphatic carboxylic acids is 1. The highest BCUT2D eigenvalue weighted by molar-refractivity contribution is 5.73. The fourth-order valence-corrected chi connectivity index (χ4v) is 1.18. The Labute approximate surface area is 94.2 Å². The maximum Gasteiger partial charge on any atom is 0.324 e. The number of hydrogen-bond acceptors (Lipinski definition) is 3. The second-order valence-corrected chi connectivity index (χ2v) is 3.15. The quantitative estimate of drug-likeness (QED) is 0.577. The zero-order valence-corrected chi connectivity index (χ0v) is 8.93. The van der Waals surface area contributed by atoms with Crippen LogP contribution in [0.5, 0.6) is 0 Å². The Kier molecular flexibility index (Phi) is 4.90. The van der Waals surface area contributed by atoms with Gasteiger partial charge < -0.3 is 9.94 Å². The predicted molar refractivity (Wildman–Crippen MR) is 59.2 cm³/mol. The lowest BCUT2D eigenvalue weighted by Crippen LogP contribution is -2.37. The molecule has 1 atom stereocenters. The maximum atomic E-state index is 10.9. The lowest BCUT2D eigenvalue weighted by molar-refractivity contribution is -0.142. The van der Waals surface area contributed by atoms with Crippen molar-refractivity contribution in [1.82, 2.24) is 5.48 Å². The Bertz CT molecular complexity index is 392. The summed E-state index contributed by atoms with van der Waals surface area (Å²) in [7, 11) is 0. The number of nitrogens with one attached hydrogen (secondary N) is 1. The Morgan fingerprint density at radius 3 is 2.75 bits per heavy atom. The van der Waals surface area contributed by atoms with E-state index >= 15 is 0 Å². The third-order valence-corrected chi connectivity index (χ3v) is 1.94. The highest BCUT2D eigenvalue weighted by Crippen LogP contribution is 2.03. The van der Waals surface area contributed by atoms with E-state index in [-0.39, 0.29) is 0 Å². The summed E-state index contributed by atoms with van der Waals surface area (Å²) in [5.74, 6) is 1.53. The number of hydrogen-bond donors (Lipinski definition) is 2. The van der Waals surface area contributed by atoms with Crippen LogP contribution in [0.3, 0.4) is 0 Å². The molecule has 0 unspecified atom stereocenters. The minimum atomic E-state index is -0.971. The van der Waals surface area contributed by atoms with Crippen molar-refractivity contribution in [2.75, 3.05) is 0 Å². The molecule has 1 aromatic rings. The predicted octanol–water partition coefficient (Wildman–Crippen LogP) is 1.18. The molecular weight excluding hydrogens is 206 g/mol. The summed E-state index contributed by atoms with van der Waals surface area (Å²) >= 11 is 0. The van der Waals surface area contributed by atoms with Gasteiger partial charge in [0.15, 0.2) is 0 Å². The average molecular weight is 219 g/mol. The molecule has 0 aliphatic rings. The standard InChI is InChI=1S/C12H13NO3/c1-2-8-16-13-11(12(14)15)9-10-6-4-3-5-7-10/h3-7,11,13H,9H2,1H3,(H,14,15)/t11-/m0/s1. The first-order valence-corrected chi connectivity index (χ1v) is 4.84. The second-order valence-electron chi connectivity index (χ2n) is 3.15. The van der Waals surface area contributed by atoms with Crippen LogP contribution in [0, 0.1) is 12.0 Å². The minimum Gasteiger partial charge on any atom is -0.480 e. The lowest BCUT2D eigenvalue weighted by Gasteiger charge is -2.11. The van der Waals surface area contributed by atoms with Gasteiger partial charge in [-0.3, -0.25) is 4.79 Å². The summed E-state index contributed by atoms with van der Waals surface area (Å²) in [6.45, 7) is 1.61. The smallest absolute Gasteiger partial charge is 0.324 e. The third kappa shape index (κ3) is 4.03. The molecule has 0 aromatic heterocycles. The molecule has 0 amide bonds. The van der Waals surface area contributed by atoms with Crippen LogP contribution in [0.2, 0.25) is 0 Å². The highest BCUT2D eigenvalue weighted by Gasteiger charge is 2.17. The van der Waals surface area contributed by atoms with E-state index in [9.17, 15) is 4.79 Å². The van der Waals surface area contributed by atoms with Crippen LogP contribution in [-0.2, 0) is 16.1 Å². The van der Waals surface area contributed by atoms with E-state index in [1.54, 1.807) is 6.92 Å². The van der Waals surface area contributed by atoms with Gasteiger partial charge in [0, 0.05) is 13.3 Å². The molecule has 4 heteroatoms. The molecule has 0 bridgehead atoms. The zero-order chi connectivity index (χ0) is 11.8. The summed E-state index contributed by atoms with van der Waals surface area (Å²) in [5.41, 5.74) is 3.32. The molecule has 2 N–H and O–H groups in total. The first-order chi connectivity index (χ1) is 7.74. The molecule has 0 aliphatic carbocycles. The number of carboxylic acids is 1. The van der Waals surface area contributed by atoms with Crippen molar-refractivity contribution in [2.45, 2.75) is 19.4 Å². The van der Waals surface area contributed by atoms with Gasteiger partial charge in [0.05, 0.1) is 0 Å². The average Bonchev–Trinajstić information content (AvgIpc) is 2.29. The van der Waals surface area contributed by atoms with Crippen molar-refractivity contribution in [1.29, 1.82) is 0 Å². The van der Waals surface area contributed by atoms with Crippen molar-refractivity contribution >= 4 is 5.97 Å². The van der Waals surface area contributed by atoms with Crippen molar-refractivity contribution in [3.63, 3.8) is 0 Å². The van der Waals surface area contributed by atoms with Gasteiger partial charge in [0.25, 0.3) is 0 Å². The molecule has 0 saturated heterocycles. The van der Waals surface area contributed by atoms with Gasteiger partial charge in [0.1, 0.15) is 12.1 Å². The Morgan fingerprint density at radius 2 is 2.19 bits per heavy atom. The molecule has 0 spiro atoms. The summed E-state index contributed by atoms with van der Waals surface area (Å²) in [5, 5.41) is 8.94. The zero-order valence-electron chi connectivity index (χ0n) is 8.93. The largest absolute Gasteiger partial charge is 0.480 e. The van der Waals surface area contributed by atoms with Crippen LogP contribution in [-0.4, -0.2) is 17.1 Å². The first kappa shape index (κ1) is 12.1. The van der Waals surface area contributed by atoms with Crippen LogP contribution >= 0.6 is 0 Å². The fraction of sp³-hybridized carbons (Fsp3) is 0.250. The summed E-state index contributed by atoms with van der Waals surface area (Å²) in [6.07, 6.45) is 2.64. The number of carboxylic acid groups (broad SMARTS) is 1. The van der Waals surface area contributed by atoms with Gasteiger partial charge in [-0.2, -0.15) is 0 Å². The van der Waals surface area contributed by atoms with Crippen LogP contribution in [0.4, 0.5) is 0 Å². The van der Waals surface area contributed by atoms with Crippen LogP contribution in [0.25, 0.3) is 0 Å². The maximum absolute atomic E-state index is 10.9. The normalized spacial score (nSPS) is 11.1. The summed E-state index contributed by atoms with van der Waals surface area (Å²) < 4.78 is 0. The van der Waals surface area contributed by atoms with E-state index in [1.165, 1.54) is 0 Å². The summed E-state index contributed by atoms with van der Waals surface area (Å²) in [4.78, 5) is 15.6. The minimum absolute atomic E-state index is 0.349. The Hall–Kier alpha value is -1.99. The van der Waals surface area contributed by atoms with E-state index in [4.69, 9.17) is 5.11 Å². The SMILES string of the molecule is CC#CON[C@@H](Cc1ccccc1)C(=O)O. The van der Waals surface area contributed by atoms with Crippen molar-refractivity contribution in [3.05, 3.63) is 35.9 Å². The van der Waals surface area contributed by atoms with E-state index in [0.717, 1.165) is 5.56 Å². The molecule has 0 heterocycles. The molecule has 1 aromatic carbocycles. The molecular formula is C12H13NO3. The van der Waals surface area contributed by atoms with E-state index in [1.807, 2.05) is 30.3 Å². The highest BCUT2D eigenvalue weighted by atomic mass is 16.6. The van der Waals surface area contributed by atoms with Gasteiger partial charge in [-0.15, -0.1) is 5.48 Å². The fourth-order valence-electron chi connectivity index (χ4n) is 1.18. The van der Waals surface area contributed by atoms with Crippen molar-refractivity contribution in [3.8, 4) is 12.0 Å². The number of hydroxylamine groups is 1. The van der Waals surface area contributed by atoms with Crippen LogP contribution in [0.15, 0.2) is 30.3 Å². The third-order valence-electron chi connectivity index (χ3n) is 1.94. The molecule has 1 rings (SSSR count). The van der Waals surface area contributed by atoms with E-state index in [2.05, 4.69) is 22.3 Å². The molecule has 0 saturated carbocycles. The number of carbonyl (C=O) groups is 1. The van der Waals surface area contributed by atoms with Crippen molar-refractivity contribution < 1.29 is 14.7 Å². The molecule has 0 radical (unpaired) electrons. The molecule has 4 nitrogen and oxygen atoms in total. The van der Waals surface area contributed by atoms with E-state index in [0.29, 0.717) is 6.42 Å². The number of rotatable bonds is 5. The van der Waals surface area contributed by atoms with Gasteiger partial charge in [-0.1, -0.05) is 36.3 Å². The van der Waals surface area contributed by atoms with Gasteiger partial charge in [-0.05, 0) is 5.56 Å². The Balaban J connectivity index is 2.57. The van der Waals surface area contributed by atoms with Crippen LogP contribution < -0.4 is 5.48 Å². The molecule has 0 fully saturated rings. The molecule has 16 heavy (non-hydrogen) atoms. The molecule has 0 aliphatic heterocycles. The van der Waals surface area contributed by atoms with E-state index < -0.39 is 12.0 Å². The first-order valence-electron chi connectivity index (χ1n) is 4.84. The number of benzene rings is 1. The molecule has 84 valence electrons. The second kappa shape index (κ2) is 6.49. The van der Waals surface area contributed by atoms with Crippen LogP contribution in [0.1, 0.15) is 12.5 Å². The Morgan fingerprint density at radius 1 is 1.50 bits per heavy atom. The van der Waals surface area contributed by atoms with Gasteiger partial charge in [0.2, 0.25) is 0 Å². The van der Waals surface area contributed by atoms with Gasteiger partial charge >= 0.3 is 5.97 Å². The van der Waals surface area contributed by atoms with Crippen molar-refractivity contribution in [2.24, 2.45) is 0 Å².